The molecule has 14 bridgehead atoms. The van der Waals surface area contributed by atoms with Crippen molar-refractivity contribution in [2.45, 2.75) is 95.8 Å². The first kappa shape index (κ1) is 72.6. The second-order valence-corrected chi connectivity index (χ2v) is 25.7. The first-order valence-electron chi connectivity index (χ1n) is 32.5. The largest absolute Gasteiger partial charge is 0.506 e. The molecule has 2 heterocycles. The summed E-state index contributed by atoms with van der Waals surface area (Å²) in [7, 11) is 0. The Morgan fingerprint density at radius 1 is 0.363 bits per heavy atom. The summed E-state index contributed by atoms with van der Waals surface area (Å²) in [6, 6.07) is 24.5. The molecule has 0 saturated carbocycles. The molecule has 0 unspecified atom stereocenters. The van der Waals surface area contributed by atoms with Crippen molar-refractivity contribution in [3.63, 3.8) is 0 Å². The van der Waals surface area contributed by atoms with Crippen LogP contribution in [0.15, 0.2) is 110 Å². The molecule has 24 heteroatoms. The van der Waals surface area contributed by atoms with Crippen molar-refractivity contribution in [3.8, 4) is 23.0 Å². The van der Waals surface area contributed by atoms with Gasteiger partial charge in [0.1, 0.15) is 42.8 Å². The van der Waals surface area contributed by atoms with Crippen molar-refractivity contribution in [2.75, 3.05) is 75.6 Å². The van der Waals surface area contributed by atoms with Gasteiger partial charge in [-0.1, -0.05) is 30.8 Å². The third-order valence-corrected chi connectivity index (χ3v) is 17.3. The molecule has 24 nitrogen and oxygen atoms in total. The zero-order valence-electron chi connectivity index (χ0n) is 58.7. The van der Waals surface area contributed by atoms with Crippen LogP contribution >= 0.6 is 0 Å². The standard InChI is InChI=1S/C78H78N8O16/c1-15-65(87)100-36-78(14)101-18-16-98-68-53-24-39(4)26-55(68)76(96)85-63-34-59(43(8)30-47(63)12)81-72(92)51-22-38(3)23-52(67(51)89)73(93)82-60-35-64(48(13)31-44(60)9)86-77(97)56-27-40(5)25-54(69(56)99-17-19-102-78)75(95)84-62-33-58(42(7)29-46(62)11)80-71(91)50-21-37(2)20-49(66(50)88)70(90)79-57-32-61(83-74(53)94)45(10)28-41(57)6/h15,20-35,88-89H,1,16-19,36H2,2-14H3,(H,79,90)(H,80,91)(H,81,92)(H,82,93)(H,83,94)(H,84,95)(H,85,96)(H,86,97). The minimum Gasteiger partial charge on any atom is -0.506 e. The van der Waals surface area contributed by atoms with Gasteiger partial charge in [0.25, 0.3) is 47.3 Å². The van der Waals surface area contributed by atoms with Gasteiger partial charge in [0, 0.05) is 51.6 Å². The lowest BCUT2D eigenvalue weighted by atomic mass is 10.0. The van der Waals surface area contributed by atoms with Crippen molar-refractivity contribution in [1.82, 2.24) is 0 Å². The summed E-state index contributed by atoms with van der Waals surface area (Å²) >= 11 is 0. The topological polar surface area (TPSA) is 336 Å². The molecule has 0 spiro atoms. The summed E-state index contributed by atoms with van der Waals surface area (Å²) in [5, 5.41) is 46.7. The number of phenols is 2. The van der Waals surface area contributed by atoms with Gasteiger partial charge >= 0.3 is 5.97 Å². The van der Waals surface area contributed by atoms with Gasteiger partial charge in [-0.15, -0.1) is 0 Å². The number of hydrogen-bond acceptors (Lipinski definition) is 16. The van der Waals surface area contributed by atoms with Gasteiger partial charge < -0.3 is 76.4 Å². The van der Waals surface area contributed by atoms with E-state index in [0.717, 1.165) is 6.08 Å². The van der Waals surface area contributed by atoms with E-state index >= 15 is 19.2 Å². The SMILES string of the molecule is C=CC(=O)OCC1(C)OCCOc2c3cc(C)cc2C(=O)Nc2cc(c(C)cc2C)NC(=O)c2cc(C)cc(c2O)C(=O)Nc2cc(c(C)cc2C)NC(=O)c2cc(C)cc(c2OCCO1)C(=O)Nc1cc(c(C)cc1C)NC(=O)c1cc(C)cc(c1O)C(=O)Nc1cc(c(C)cc1C)NC3=O. The summed E-state index contributed by atoms with van der Waals surface area (Å²) in [5.74, 6) is -10.8. The number of rotatable bonds is 3. The number of benzene rings is 8. The Morgan fingerprint density at radius 2 is 0.569 bits per heavy atom. The second-order valence-electron chi connectivity index (χ2n) is 25.7. The highest BCUT2D eigenvalue weighted by molar-refractivity contribution is 6.17. The van der Waals surface area contributed by atoms with Crippen LogP contribution in [0.3, 0.4) is 0 Å². The summed E-state index contributed by atoms with van der Waals surface area (Å²) in [6.07, 6.45) is 0.942. The van der Waals surface area contributed by atoms with Crippen LogP contribution in [0.4, 0.5) is 45.5 Å². The molecule has 2 aliphatic rings. The van der Waals surface area contributed by atoms with Gasteiger partial charge in [-0.3, -0.25) is 38.4 Å². The summed E-state index contributed by atoms with van der Waals surface area (Å²) in [5.41, 5.74) is 6.19. The predicted molar refractivity (Wildman–Crippen MR) is 388 cm³/mol. The van der Waals surface area contributed by atoms with E-state index in [-0.39, 0.29) is 115 Å². The van der Waals surface area contributed by atoms with E-state index < -0.39 is 90.3 Å². The first-order chi connectivity index (χ1) is 48.3. The number of anilines is 8. The zero-order valence-corrected chi connectivity index (χ0v) is 58.7. The normalized spacial score (nSPS) is 14.7. The summed E-state index contributed by atoms with van der Waals surface area (Å²) in [6.45, 7) is 23.3. The molecule has 0 fully saturated rings. The van der Waals surface area contributed by atoms with E-state index in [1.54, 1.807) is 107 Å². The monoisotopic (exact) mass is 1380 g/mol. The molecule has 8 aromatic rings. The van der Waals surface area contributed by atoms with Gasteiger partial charge in [0.2, 0.25) is 0 Å². The van der Waals surface area contributed by atoms with Crippen molar-refractivity contribution in [2.24, 2.45) is 0 Å². The number of nitrogens with one attached hydrogen (secondary N) is 8. The van der Waals surface area contributed by atoms with Gasteiger partial charge in [-0.05, 0) is 230 Å². The van der Waals surface area contributed by atoms with Gasteiger partial charge in [0.05, 0.1) is 57.7 Å². The molecule has 8 aromatic carbocycles. The number of amides is 8. The Hall–Kier alpha value is -12.2. The molecule has 0 radical (unpaired) electrons. The Labute approximate surface area is 588 Å². The van der Waals surface area contributed by atoms with Crippen LogP contribution < -0.4 is 52.0 Å². The molecular formula is C78H78N8O16. The number of carbonyl (C=O) groups excluding carboxylic acids is 9. The molecule has 2 aliphatic heterocycles. The molecule has 0 aliphatic carbocycles. The van der Waals surface area contributed by atoms with Crippen LogP contribution in [0.1, 0.15) is 157 Å². The minimum atomic E-state index is -1.81. The first-order valence-corrected chi connectivity index (χ1v) is 32.5. The zero-order chi connectivity index (χ0) is 73.9. The molecule has 102 heavy (non-hydrogen) atoms. The van der Waals surface area contributed by atoms with E-state index in [2.05, 4.69) is 49.1 Å². The quantitative estimate of drug-likeness (QED) is 0.0580. The lowest BCUT2D eigenvalue weighted by Gasteiger charge is -2.29. The van der Waals surface area contributed by atoms with Crippen molar-refractivity contribution in [3.05, 3.63) is 221 Å². The lowest BCUT2D eigenvalue weighted by Crippen LogP contribution is -2.40. The fourth-order valence-electron chi connectivity index (χ4n) is 12.0. The van der Waals surface area contributed by atoms with Gasteiger partial charge in [-0.2, -0.15) is 0 Å². The maximum absolute atomic E-state index is 15.1. The van der Waals surface area contributed by atoms with E-state index in [4.69, 9.17) is 23.7 Å². The maximum Gasteiger partial charge on any atom is 0.330 e. The third kappa shape index (κ3) is 15.9. The molecule has 10 rings (SSSR count). The van der Waals surface area contributed by atoms with E-state index in [0.29, 0.717) is 66.8 Å². The average molecular weight is 1380 g/mol. The highest BCUT2D eigenvalue weighted by Gasteiger charge is 2.32. The summed E-state index contributed by atoms with van der Waals surface area (Å²) < 4.78 is 31.0. The summed E-state index contributed by atoms with van der Waals surface area (Å²) in [4.78, 5) is 131. The second kappa shape index (κ2) is 29.7. The number of carbonyl (C=O) groups is 9. The van der Waals surface area contributed by atoms with Gasteiger partial charge in [0.15, 0.2) is 5.79 Å². The van der Waals surface area contributed by atoms with Crippen molar-refractivity contribution in [1.29, 1.82) is 0 Å². The highest BCUT2D eigenvalue weighted by Crippen LogP contribution is 2.38. The molecule has 0 atom stereocenters. The number of fused-ring (bicyclic) bond motifs is 20. The Kier molecular flexibility index (Phi) is 21.2. The van der Waals surface area contributed by atoms with Crippen molar-refractivity contribution >= 4 is 98.7 Å². The maximum atomic E-state index is 15.1. The number of esters is 1. The third-order valence-electron chi connectivity index (χ3n) is 17.3. The highest BCUT2D eigenvalue weighted by atomic mass is 16.7. The predicted octanol–water partition coefficient (Wildman–Crippen LogP) is 13.4. The lowest BCUT2D eigenvalue weighted by molar-refractivity contribution is -0.251. The van der Waals surface area contributed by atoms with Crippen LogP contribution in [0.25, 0.3) is 0 Å². The fraction of sp³-hybridized carbons (Fsp3) is 0.244. The van der Waals surface area contributed by atoms with E-state index in [1.807, 2.05) is 0 Å². The van der Waals surface area contributed by atoms with Crippen LogP contribution in [0.5, 0.6) is 23.0 Å². The fourth-order valence-corrected chi connectivity index (χ4v) is 12.0. The number of aryl methyl sites for hydroxylation is 12. The Morgan fingerprint density at radius 3 is 0.784 bits per heavy atom. The average Bonchev–Trinajstić information content (AvgIpc) is 0.801. The molecule has 0 aromatic heterocycles. The number of aromatic hydroxyl groups is 2. The van der Waals surface area contributed by atoms with Crippen LogP contribution in [-0.4, -0.2) is 102 Å². The minimum absolute atomic E-state index is 0.143. The molecule has 526 valence electrons. The number of hydrogen-bond donors (Lipinski definition) is 10. The van der Waals surface area contributed by atoms with Crippen LogP contribution in [-0.2, 0) is 19.0 Å². The molecular weight excluding hydrogens is 1300 g/mol. The molecule has 0 saturated heterocycles. The van der Waals surface area contributed by atoms with Crippen molar-refractivity contribution < 1.29 is 77.0 Å². The Balaban J connectivity index is 1.16. The van der Waals surface area contributed by atoms with E-state index in [9.17, 15) is 34.2 Å². The number of ether oxygens (including phenoxy) is 5. The van der Waals surface area contributed by atoms with Crippen LogP contribution in [0.2, 0.25) is 0 Å². The van der Waals surface area contributed by atoms with Crippen LogP contribution in [0, 0.1) is 83.1 Å². The number of phenolic OH excluding ortho intramolecular Hbond substituents is 2. The van der Waals surface area contributed by atoms with Gasteiger partial charge in [-0.25, -0.2) is 4.79 Å². The Bertz CT molecular complexity index is 4350. The molecule has 10 N–H and O–H groups in total. The smallest absolute Gasteiger partial charge is 0.330 e. The molecule has 8 amide bonds. The van der Waals surface area contributed by atoms with E-state index in [1.165, 1.54) is 79.7 Å².